The number of piperidine rings is 1. The summed E-state index contributed by atoms with van der Waals surface area (Å²) in [7, 11) is 3.16. The number of rotatable bonds is 8. The van der Waals surface area contributed by atoms with E-state index in [4.69, 9.17) is 25.8 Å². The molecular weight excluding hydrogens is 444 g/mol. The van der Waals surface area contributed by atoms with Crippen LogP contribution >= 0.6 is 11.6 Å². The van der Waals surface area contributed by atoms with E-state index in [0.29, 0.717) is 18.0 Å². The normalized spacial score (nSPS) is 17.8. The highest BCUT2D eigenvalue weighted by molar-refractivity contribution is 6.30. The number of carbonyl (C=O) groups excluding carboxylic acids is 1. The summed E-state index contributed by atoms with van der Waals surface area (Å²) in [6.07, 6.45) is 2.34. The van der Waals surface area contributed by atoms with Gasteiger partial charge in [0, 0.05) is 62.6 Å². The molecule has 1 fully saturated rings. The van der Waals surface area contributed by atoms with Gasteiger partial charge < -0.3 is 29.5 Å². The van der Waals surface area contributed by atoms with Crippen molar-refractivity contribution >= 4 is 17.5 Å². The lowest BCUT2D eigenvalue weighted by molar-refractivity contribution is -0.119. The summed E-state index contributed by atoms with van der Waals surface area (Å²) in [5.74, 6) is 2.04. The number of likely N-dealkylation sites (N-methyl/N-ethyl adjacent to an activating group) is 1. The summed E-state index contributed by atoms with van der Waals surface area (Å²) in [4.78, 5) is 13.9. The Balaban J connectivity index is 1.24. The molecule has 7 nitrogen and oxygen atoms in total. The average Bonchev–Trinajstić information content (AvgIpc) is 3.16. The number of hydrogen-bond donors (Lipinski definition) is 2. The van der Waals surface area contributed by atoms with E-state index < -0.39 is 6.10 Å². The van der Waals surface area contributed by atoms with Crippen molar-refractivity contribution in [2.45, 2.75) is 37.4 Å². The average molecular weight is 475 g/mol. The van der Waals surface area contributed by atoms with Crippen LogP contribution in [0.3, 0.4) is 0 Å². The number of methoxy groups -OCH3 is 1. The Morgan fingerprint density at radius 3 is 2.79 bits per heavy atom. The number of ether oxygens (including phenoxy) is 3. The maximum Gasteiger partial charge on any atom is 0.224 e. The molecule has 2 aromatic carbocycles. The maximum atomic E-state index is 11.6. The Morgan fingerprint density at radius 1 is 1.27 bits per heavy atom. The molecule has 2 aliphatic heterocycles. The number of halogens is 1. The highest BCUT2D eigenvalue weighted by atomic mass is 35.5. The van der Waals surface area contributed by atoms with Gasteiger partial charge in [0.1, 0.15) is 35.6 Å². The molecule has 1 atom stereocenters. The van der Waals surface area contributed by atoms with Crippen molar-refractivity contribution in [1.82, 2.24) is 10.2 Å². The van der Waals surface area contributed by atoms with E-state index in [0.717, 1.165) is 48.7 Å². The van der Waals surface area contributed by atoms with E-state index in [2.05, 4.69) is 10.2 Å². The van der Waals surface area contributed by atoms with E-state index in [-0.39, 0.29) is 24.5 Å². The molecule has 1 amide bonds. The van der Waals surface area contributed by atoms with E-state index in [9.17, 15) is 9.90 Å². The number of aliphatic hydroxyl groups excluding tert-OH is 1. The Hall–Kier alpha value is -2.48. The van der Waals surface area contributed by atoms with Crippen molar-refractivity contribution in [2.75, 3.05) is 40.4 Å². The lowest BCUT2D eigenvalue weighted by Gasteiger charge is -2.39. The van der Waals surface area contributed by atoms with Crippen LogP contribution in [0.25, 0.3) is 0 Å². The highest BCUT2D eigenvalue weighted by Crippen LogP contribution is 2.41. The molecule has 2 aromatic rings. The van der Waals surface area contributed by atoms with Crippen LogP contribution in [-0.4, -0.2) is 68.0 Å². The zero-order valence-electron chi connectivity index (χ0n) is 19.1. The number of nitrogens with one attached hydrogen (secondary N) is 1. The summed E-state index contributed by atoms with van der Waals surface area (Å²) >= 11 is 6.13. The first-order valence-electron chi connectivity index (χ1n) is 11.3. The summed E-state index contributed by atoms with van der Waals surface area (Å²) < 4.78 is 17.5. The molecule has 2 heterocycles. The summed E-state index contributed by atoms with van der Waals surface area (Å²) in [5, 5.41) is 13.9. The van der Waals surface area contributed by atoms with Gasteiger partial charge in [-0.15, -0.1) is 0 Å². The quantitative estimate of drug-likeness (QED) is 0.612. The van der Waals surface area contributed by atoms with Crippen molar-refractivity contribution < 1.29 is 24.1 Å². The fourth-order valence-corrected chi connectivity index (χ4v) is 4.78. The lowest BCUT2D eigenvalue weighted by Crippen LogP contribution is -2.49. The minimum atomic E-state index is -0.615. The number of nitrogens with zero attached hydrogens (tertiary/aromatic N) is 1. The van der Waals surface area contributed by atoms with Gasteiger partial charge in [-0.2, -0.15) is 0 Å². The Kier molecular flexibility index (Phi) is 7.32. The molecule has 0 unspecified atom stereocenters. The second-order valence-electron chi connectivity index (χ2n) is 8.80. The predicted molar refractivity (Wildman–Crippen MR) is 126 cm³/mol. The molecule has 0 radical (unpaired) electrons. The number of fused-ring (bicyclic) bond motifs is 1. The van der Waals surface area contributed by atoms with Crippen LogP contribution in [-0.2, 0) is 17.6 Å². The van der Waals surface area contributed by atoms with Crippen LogP contribution in [0.2, 0.25) is 5.02 Å². The zero-order valence-corrected chi connectivity index (χ0v) is 19.9. The molecule has 4 rings (SSSR count). The van der Waals surface area contributed by atoms with Gasteiger partial charge >= 0.3 is 0 Å². The van der Waals surface area contributed by atoms with Gasteiger partial charge in [-0.05, 0) is 29.8 Å². The molecular formula is C25H31ClN2O5. The van der Waals surface area contributed by atoms with Crippen LogP contribution in [0, 0.1) is 0 Å². The monoisotopic (exact) mass is 474 g/mol. The molecule has 0 aliphatic carbocycles. The number of aliphatic hydroxyl groups is 1. The smallest absolute Gasteiger partial charge is 0.224 e. The third-order valence-electron chi connectivity index (χ3n) is 6.43. The van der Waals surface area contributed by atoms with E-state index in [1.807, 2.05) is 24.3 Å². The van der Waals surface area contributed by atoms with Crippen LogP contribution in [0.4, 0.5) is 0 Å². The molecule has 8 heteroatoms. The van der Waals surface area contributed by atoms with Crippen LogP contribution in [0.15, 0.2) is 36.4 Å². The molecule has 0 bridgehead atoms. The van der Waals surface area contributed by atoms with Gasteiger partial charge in [0.15, 0.2) is 0 Å². The van der Waals surface area contributed by atoms with Crippen LogP contribution < -0.4 is 19.5 Å². The number of benzene rings is 2. The Bertz CT molecular complexity index is 991. The van der Waals surface area contributed by atoms with E-state index >= 15 is 0 Å². The number of amides is 1. The van der Waals surface area contributed by atoms with Crippen LogP contribution in [0.5, 0.6) is 17.2 Å². The first-order valence-corrected chi connectivity index (χ1v) is 11.7. The number of hydrogen-bond acceptors (Lipinski definition) is 6. The minimum absolute atomic E-state index is 0.0867. The standard InChI is InChI=1S/C25H31ClN2O5/c1-27-24(30)12-17-3-5-21(13-23(17)31-2)32-16-20(29)15-28-9-7-25(8-10-28)14-18-11-19(26)4-6-22(18)33-25/h3-6,11,13,20,29H,7-10,12,14-16H2,1-2H3,(H,27,30)/t20-/m0/s1. The molecule has 2 N–H and O–H groups in total. The molecule has 0 saturated carbocycles. The van der Waals surface area contributed by atoms with E-state index in [1.165, 1.54) is 5.56 Å². The van der Waals surface area contributed by atoms with Crippen molar-refractivity contribution in [2.24, 2.45) is 0 Å². The van der Waals surface area contributed by atoms with E-state index in [1.54, 1.807) is 26.3 Å². The second-order valence-corrected chi connectivity index (χ2v) is 9.24. The fourth-order valence-electron chi connectivity index (χ4n) is 4.59. The van der Waals surface area contributed by atoms with Crippen molar-refractivity contribution in [3.05, 3.63) is 52.5 Å². The SMILES string of the molecule is CNC(=O)Cc1ccc(OC[C@@H](O)CN2CCC3(CC2)Cc2cc(Cl)ccc2O3)cc1OC. The molecule has 1 saturated heterocycles. The molecule has 178 valence electrons. The summed E-state index contributed by atoms with van der Waals surface area (Å²) in [6.45, 7) is 2.45. The lowest BCUT2D eigenvalue weighted by atomic mass is 9.87. The summed E-state index contributed by atoms with van der Waals surface area (Å²) in [5.41, 5.74) is 1.81. The maximum absolute atomic E-state index is 11.6. The van der Waals surface area contributed by atoms with Gasteiger partial charge in [-0.25, -0.2) is 0 Å². The van der Waals surface area contributed by atoms with Gasteiger partial charge in [0.25, 0.3) is 0 Å². The Labute approximate surface area is 199 Å². The minimum Gasteiger partial charge on any atom is -0.496 e. The van der Waals surface area contributed by atoms with Gasteiger partial charge in [0.05, 0.1) is 13.5 Å². The largest absolute Gasteiger partial charge is 0.496 e. The van der Waals surface area contributed by atoms with Crippen molar-refractivity contribution in [3.8, 4) is 17.2 Å². The highest BCUT2D eigenvalue weighted by Gasteiger charge is 2.42. The third kappa shape index (κ3) is 5.72. The topological polar surface area (TPSA) is 80.3 Å². The van der Waals surface area contributed by atoms with Gasteiger partial charge in [-0.3, -0.25) is 4.79 Å². The molecule has 33 heavy (non-hydrogen) atoms. The molecule has 1 spiro atoms. The van der Waals surface area contributed by atoms with Crippen molar-refractivity contribution in [1.29, 1.82) is 0 Å². The molecule has 2 aliphatic rings. The van der Waals surface area contributed by atoms with Crippen LogP contribution in [0.1, 0.15) is 24.0 Å². The zero-order chi connectivity index (χ0) is 23.4. The van der Waals surface area contributed by atoms with Gasteiger partial charge in [0.2, 0.25) is 5.91 Å². The van der Waals surface area contributed by atoms with Crippen molar-refractivity contribution in [3.63, 3.8) is 0 Å². The predicted octanol–water partition coefficient (Wildman–Crippen LogP) is 2.85. The first-order chi connectivity index (χ1) is 15.9. The number of likely N-dealkylation sites (tertiary alicyclic amines) is 1. The molecule has 0 aromatic heterocycles. The Morgan fingerprint density at radius 2 is 2.06 bits per heavy atom. The number of carbonyl (C=O) groups is 1. The first kappa shape index (κ1) is 23.7. The summed E-state index contributed by atoms with van der Waals surface area (Å²) in [6, 6.07) is 11.2. The number of β-amino-alcohol motifs (C(OH)–C–C–N with tert-alkyl or cyclic N) is 1. The second kappa shape index (κ2) is 10.2. The van der Waals surface area contributed by atoms with Gasteiger partial charge in [-0.1, -0.05) is 17.7 Å². The fraction of sp³-hybridized carbons (Fsp3) is 0.480. The third-order valence-corrected chi connectivity index (χ3v) is 6.66.